The third kappa shape index (κ3) is 6.66. The zero-order valence-electron chi connectivity index (χ0n) is 18.9. The van der Waals surface area contributed by atoms with Gasteiger partial charge < -0.3 is 10.2 Å². The zero-order valence-corrected chi connectivity index (χ0v) is 19.6. The highest BCUT2D eigenvalue weighted by Gasteiger charge is 2.21. The predicted octanol–water partition coefficient (Wildman–Crippen LogP) is 3.76. The molecule has 0 bridgehead atoms. The molecule has 1 aliphatic rings. The van der Waals surface area contributed by atoms with Crippen molar-refractivity contribution in [1.29, 1.82) is 0 Å². The second kappa shape index (κ2) is 11.5. The van der Waals surface area contributed by atoms with Gasteiger partial charge in [0, 0.05) is 50.9 Å². The fourth-order valence-corrected chi connectivity index (χ4v) is 4.12. The van der Waals surface area contributed by atoms with Gasteiger partial charge in [-0.2, -0.15) is 5.10 Å². The van der Waals surface area contributed by atoms with Crippen LogP contribution in [0.1, 0.15) is 42.6 Å². The van der Waals surface area contributed by atoms with Gasteiger partial charge in [-0.15, -0.1) is 0 Å². The van der Waals surface area contributed by atoms with Gasteiger partial charge in [-0.05, 0) is 32.0 Å². The van der Waals surface area contributed by atoms with E-state index in [1.54, 1.807) is 12.2 Å². The van der Waals surface area contributed by atoms with Gasteiger partial charge in [0.25, 0.3) is 0 Å². The number of unbranched alkanes of at least 4 members (excludes halogenated alkanes) is 1. The second-order valence-electron chi connectivity index (χ2n) is 8.28. The summed E-state index contributed by atoms with van der Waals surface area (Å²) in [5, 5.41) is 8.29. The summed E-state index contributed by atoms with van der Waals surface area (Å²) in [6, 6.07) is 10.1. The summed E-state index contributed by atoms with van der Waals surface area (Å²) < 4.78 is 1.82. The van der Waals surface area contributed by atoms with Crippen LogP contribution in [0.4, 0.5) is 0 Å². The van der Waals surface area contributed by atoms with E-state index in [2.05, 4.69) is 46.3 Å². The van der Waals surface area contributed by atoms with Crippen LogP contribution in [0.3, 0.4) is 0 Å². The van der Waals surface area contributed by atoms with E-state index < -0.39 is 0 Å². The molecule has 1 saturated heterocycles. The first-order valence-electron chi connectivity index (χ1n) is 11.1. The Morgan fingerprint density at radius 1 is 1.23 bits per heavy atom. The zero-order chi connectivity index (χ0) is 22.2. The molecule has 1 atom stereocenters. The Morgan fingerprint density at radius 3 is 2.61 bits per heavy atom. The predicted molar refractivity (Wildman–Crippen MR) is 127 cm³/mol. The first-order chi connectivity index (χ1) is 15.0. The van der Waals surface area contributed by atoms with Crippen LogP contribution < -0.4 is 5.32 Å². The summed E-state index contributed by atoms with van der Waals surface area (Å²) in [7, 11) is 2.15. The van der Waals surface area contributed by atoms with Crippen LogP contribution in [0.15, 0.2) is 36.4 Å². The van der Waals surface area contributed by atoms with Crippen LogP contribution in [-0.2, 0) is 11.3 Å². The lowest BCUT2D eigenvalue weighted by atomic mass is 10.1. The highest BCUT2D eigenvalue weighted by Crippen LogP contribution is 2.22. The molecule has 0 spiro atoms. The summed E-state index contributed by atoms with van der Waals surface area (Å²) in [6.45, 7) is 9.77. The highest BCUT2D eigenvalue weighted by atomic mass is 35.5. The molecule has 168 valence electrons. The third-order valence-electron chi connectivity index (χ3n) is 5.79. The van der Waals surface area contributed by atoms with Crippen LogP contribution >= 0.6 is 11.6 Å². The number of aromatic nitrogens is 2. The SMILES string of the molecule is CCCCn1nc(C)c(/C=C/C(=O)NC(CN2CCN(C)CC2)c2ccccc2)c1Cl. The van der Waals surface area contributed by atoms with E-state index >= 15 is 0 Å². The molecule has 0 saturated carbocycles. The minimum atomic E-state index is -0.125. The lowest BCUT2D eigenvalue weighted by Crippen LogP contribution is -2.47. The Kier molecular flexibility index (Phi) is 8.69. The van der Waals surface area contributed by atoms with Gasteiger partial charge >= 0.3 is 0 Å². The maximum Gasteiger partial charge on any atom is 0.244 e. The minimum absolute atomic E-state index is 0.0643. The summed E-state index contributed by atoms with van der Waals surface area (Å²) in [5.74, 6) is -0.125. The van der Waals surface area contributed by atoms with E-state index in [9.17, 15) is 4.79 Å². The molecular formula is C24H34ClN5O. The van der Waals surface area contributed by atoms with Crippen molar-refractivity contribution in [2.24, 2.45) is 0 Å². The average Bonchev–Trinajstić information content (AvgIpc) is 3.05. The molecule has 1 aromatic heterocycles. The molecule has 1 fully saturated rings. The minimum Gasteiger partial charge on any atom is -0.344 e. The van der Waals surface area contributed by atoms with E-state index in [1.807, 2.05) is 29.8 Å². The maximum atomic E-state index is 12.8. The fourth-order valence-electron chi connectivity index (χ4n) is 3.80. The quantitative estimate of drug-likeness (QED) is 0.599. The summed E-state index contributed by atoms with van der Waals surface area (Å²) >= 11 is 6.50. The van der Waals surface area contributed by atoms with Crippen molar-refractivity contribution in [3.63, 3.8) is 0 Å². The lowest BCUT2D eigenvalue weighted by Gasteiger charge is -2.34. The van der Waals surface area contributed by atoms with Crippen LogP contribution in [0, 0.1) is 6.92 Å². The summed E-state index contributed by atoms with van der Waals surface area (Å²) in [4.78, 5) is 17.6. The Morgan fingerprint density at radius 2 is 1.94 bits per heavy atom. The topological polar surface area (TPSA) is 53.4 Å². The van der Waals surface area contributed by atoms with Crippen molar-refractivity contribution < 1.29 is 4.79 Å². The molecular weight excluding hydrogens is 410 g/mol. The van der Waals surface area contributed by atoms with Crippen LogP contribution in [-0.4, -0.2) is 65.3 Å². The number of aryl methyl sites for hydroxylation is 2. The number of piperazine rings is 1. The van der Waals surface area contributed by atoms with Crippen LogP contribution in [0.25, 0.3) is 6.08 Å². The van der Waals surface area contributed by atoms with Crippen LogP contribution in [0.5, 0.6) is 0 Å². The van der Waals surface area contributed by atoms with Crippen molar-refractivity contribution in [1.82, 2.24) is 24.9 Å². The lowest BCUT2D eigenvalue weighted by molar-refractivity contribution is -0.117. The number of hydrogen-bond acceptors (Lipinski definition) is 4. The van der Waals surface area contributed by atoms with Crippen molar-refractivity contribution in [2.75, 3.05) is 39.8 Å². The Bertz CT molecular complexity index is 872. The summed E-state index contributed by atoms with van der Waals surface area (Å²) in [5.41, 5.74) is 2.76. The Balaban J connectivity index is 1.68. The third-order valence-corrected chi connectivity index (χ3v) is 6.19. The fraction of sp³-hybridized carbons (Fsp3) is 0.500. The van der Waals surface area contributed by atoms with Gasteiger partial charge in [-0.25, -0.2) is 0 Å². The van der Waals surface area contributed by atoms with Gasteiger partial charge in [-0.3, -0.25) is 14.4 Å². The van der Waals surface area contributed by atoms with Crippen molar-refractivity contribution in [3.05, 3.63) is 58.4 Å². The normalized spacial score (nSPS) is 16.6. The summed E-state index contributed by atoms with van der Waals surface area (Å²) in [6.07, 6.45) is 5.45. The molecule has 0 aliphatic carbocycles. The first kappa shape index (κ1) is 23.5. The van der Waals surface area contributed by atoms with Crippen LogP contribution in [0.2, 0.25) is 5.15 Å². The molecule has 1 aliphatic heterocycles. The molecule has 31 heavy (non-hydrogen) atoms. The molecule has 3 rings (SSSR count). The maximum absolute atomic E-state index is 12.8. The Hall–Kier alpha value is -2.15. The van der Waals surface area contributed by atoms with Gasteiger partial charge in [0.15, 0.2) is 0 Å². The standard InChI is InChI=1S/C24H34ClN5O/c1-4-5-13-30-24(25)21(19(2)27-30)11-12-23(31)26-22(20-9-7-6-8-10-20)18-29-16-14-28(3)15-17-29/h6-12,22H,4-5,13-18H2,1-3H3,(H,26,31)/b12-11+. The van der Waals surface area contributed by atoms with E-state index in [4.69, 9.17) is 11.6 Å². The molecule has 6 nitrogen and oxygen atoms in total. The molecule has 0 radical (unpaired) electrons. The number of carbonyl (C=O) groups is 1. The Labute approximate surface area is 190 Å². The molecule has 1 amide bonds. The largest absolute Gasteiger partial charge is 0.344 e. The van der Waals surface area contributed by atoms with E-state index in [-0.39, 0.29) is 11.9 Å². The van der Waals surface area contributed by atoms with Gasteiger partial charge in [0.2, 0.25) is 5.91 Å². The first-order valence-corrected chi connectivity index (χ1v) is 11.5. The van der Waals surface area contributed by atoms with E-state index in [0.717, 1.165) is 68.9 Å². The van der Waals surface area contributed by atoms with Crippen molar-refractivity contribution in [3.8, 4) is 0 Å². The number of halogens is 1. The number of nitrogens with one attached hydrogen (secondary N) is 1. The van der Waals surface area contributed by atoms with Gasteiger partial charge in [0.05, 0.1) is 11.7 Å². The van der Waals surface area contributed by atoms with Crippen molar-refractivity contribution >= 4 is 23.6 Å². The highest BCUT2D eigenvalue weighted by molar-refractivity contribution is 6.31. The average molecular weight is 444 g/mol. The van der Waals surface area contributed by atoms with Gasteiger partial charge in [-0.1, -0.05) is 55.3 Å². The number of likely N-dealkylation sites (N-methyl/N-ethyl adjacent to an activating group) is 1. The molecule has 1 aromatic carbocycles. The number of carbonyl (C=O) groups excluding carboxylic acids is 1. The van der Waals surface area contributed by atoms with E-state index in [1.165, 1.54) is 0 Å². The van der Waals surface area contributed by atoms with Gasteiger partial charge in [0.1, 0.15) is 5.15 Å². The molecule has 2 heterocycles. The van der Waals surface area contributed by atoms with E-state index in [0.29, 0.717) is 5.15 Å². The molecule has 1 N–H and O–H groups in total. The number of benzene rings is 1. The number of nitrogens with zero attached hydrogens (tertiary/aromatic N) is 4. The second-order valence-corrected chi connectivity index (χ2v) is 8.63. The molecule has 7 heteroatoms. The molecule has 2 aromatic rings. The number of amides is 1. The van der Waals surface area contributed by atoms with Crippen molar-refractivity contribution in [2.45, 2.75) is 39.3 Å². The number of hydrogen-bond donors (Lipinski definition) is 1. The number of rotatable bonds is 9. The smallest absolute Gasteiger partial charge is 0.244 e. The molecule has 1 unspecified atom stereocenters. The monoisotopic (exact) mass is 443 g/mol.